The van der Waals surface area contributed by atoms with Gasteiger partial charge in [0.05, 0.1) is 0 Å². The molecule has 1 aromatic carbocycles. The number of ether oxygens (including phenoxy) is 1. The second-order valence-corrected chi connectivity index (χ2v) is 7.12. The van der Waals surface area contributed by atoms with Crippen molar-refractivity contribution in [2.24, 2.45) is 5.92 Å². The molecule has 1 aliphatic heterocycles. The van der Waals surface area contributed by atoms with Crippen molar-refractivity contribution in [1.29, 1.82) is 0 Å². The molecule has 0 saturated carbocycles. The molecule has 5 heteroatoms. The molecule has 1 aliphatic rings. The van der Waals surface area contributed by atoms with Crippen molar-refractivity contribution in [3.8, 4) is 0 Å². The first-order valence-electron chi connectivity index (χ1n) is 8.03. The molecule has 1 N–H and O–H groups in total. The third-order valence-electron chi connectivity index (χ3n) is 3.87. The van der Waals surface area contributed by atoms with Gasteiger partial charge in [0, 0.05) is 31.7 Å². The molecule has 1 atom stereocenters. The fraction of sp³-hybridized carbons (Fsp3) is 0.556. The minimum atomic E-state index is -0.535. The number of fused-ring (bicyclic) bond motifs is 1. The Labute approximate surface area is 138 Å². The second-order valence-electron chi connectivity index (χ2n) is 7.12. The number of hydrogen-bond donors (Lipinski definition) is 1. The molecule has 0 spiro atoms. The van der Waals surface area contributed by atoms with Crippen molar-refractivity contribution >= 4 is 18.1 Å². The van der Waals surface area contributed by atoms with Crippen LogP contribution in [0.3, 0.4) is 0 Å². The van der Waals surface area contributed by atoms with E-state index >= 15 is 0 Å². The van der Waals surface area contributed by atoms with Crippen LogP contribution >= 0.6 is 0 Å². The number of nitrogens with one attached hydrogen (secondary N) is 1. The number of rotatable bonds is 5. The lowest BCUT2D eigenvalue weighted by atomic mass is 9.98. The molecule has 0 saturated heterocycles. The van der Waals surface area contributed by atoms with E-state index in [1.54, 1.807) is 0 Å². The van der Waals surface area contributed by atoms with E-state index in [1.807, 2.05) is 20.8 Å². The van der Waals surface area contributed by atoms with Gasteiger partial charge in [-0.3, -0.25) is 0 Å². The highest BCUT2D eigenvalue weighted by atomic mass is 16.6. The first-order chi connectivity index (χ1) is 10.8. The maximum Gasteiger partial charge on any atom is 0.407 e. The van der Waals surface area contributed by atoms with Crippen LogP contribution in [0.25, 0.3) is 0 Å². The van der Waals surface area contributed by atoms with Gasteiger partial charge in [0.25, 0.3) is 0 Å². The Balaban J connectivity index is 1.90. The second kappa shape index (κ2) is 7.02. The summed E-state index contributed by atoms with van der Waals surface area (Å²) in [7, 11) is 2.09. The third kappa shape index (κ3) is 4.98. The molecule has 1 heterocycles. The summed E-state index contributed by atoms with van der Waals surface area (Å²) in [5.41, 5.74) is 3.19. The number of carbonyl (C=O) groups is 2. The molecule has 1 aromatic rings. The predicted molar refractivity (Wildman–Crippen MR) is 90.9 cm³/mol. The Morgan fingerprint density at radius 3 is 2.83 bits per heavy atom. The summed E-state index contributed by atoms with van der Waals surface area (Å²) in [5.74, 6) is -0.250. The van der Waals surface area contributed by atoms with Crippen molar-refractivity contribution in [3.05, 3.63) is 29.3 Å². The molecule has 23 heavy (non-hydrogen) atoms. The molecule has 0 aliphatic carbocycles. The summed E-state index contributed by atoms with van der Waals surface area (Å²) in [6, 6.07) is 6.34. The van der Waals surface area contributed by atoms with Crippen LogP contribution in [0.5, 0.6) is 0 Å². The Morgan fingerprint density at radius 1 is 1.43 bits per heavy atom. The van der Waals surface area contributed by atoms with Gasteiger partial charge in [0.1, 0.15) is 11.9 Å². The number of hydrogen-bond acceptors (Lipinski definition) is 4. The summed E-state index contributed by atoms with van der Waals surface area (Å²) in [6.07, 6.45) is 2.08. The number of alkyl carbamates (subject to hydrolysis) is 1. The van der Waals surface area contributed by atoms with Gasteiger partial charge in [-0.15, -0.1) is 0 Å². The summed E-state index contributed by atoms with van der Waals surface area (Å²) >= 11 is 0. The minimum Gasteiger partial charge on any atom is -0.444 e. The zero-order valence-corrected chi connectivity index (χ0v) is 14.4. The fourth-order valence-electron chi connectivity index (χ4n) is 2.75. The summed E-state index contributed by atoms with van der Waals surface area (Å²) in [4.78, 5) is 25.2. The molecule has 0 aromatic heterocycles. The van der Waals surface area contributed by atoms with Gasteiger partial charge in [-0.2, -0.15) is 0 Å². The van der Waals surface area contributed by atoms with E-state index in [0.717, 1.165) is 24.8 Å². The Morgan fingerprint density at radius 2 is 2.17 bits per heavy atom. The van der Waals surface area contributed by atoms with Crippen LogP contribution in [0.2, 0.25) is 0 Å². The molecule has 5 nitrogen and oxygen atoms in total. The number of amides is 1. The third-order valence-corrected chi connectivity index (χ3v) is 3.87. The first-order valence-corrected chi connectivity index (χ1v) is 8.03. The monoisotopic (exact) mass is 318 g/mol. The molecule has 0 fully saturated rings. The van der Waals surface area contributed by atoms with E-state index in [9.17, 15) is 9.59 Å². The van der Waals surface area contributed by atoms with Gasteiger partial charge in [0.2, 0.25) is 0 Å². The van der Waals surface area contributed by atoms with E-state index < -0.39 is 11.7 Å². The predicted octanol–water partition coefficient (Wildman–Crippen LogP) is 2.56. The molecule has 1 amide bonds. The highest BCUT2D eigenvalue weighted by Gasteiger charge is 2.19. The van der Waals surface area contributed by atoms with Crippen LogP contribution in [0, 0.1) is 5.92 Å². The van der Waals surface area contributed by atoms with Crippen LogP contribution in [-0.2, 0) is 22.4 Å². The number of nitrogens with zero attached hydrogens (tertiary/aromatic N) is 1. The SMILES string of the molecule is CN1CCc2cc(C[C@H](C=O)CNC(=O)OC(C)(C)C)ccc21. The largest absolute Gasteiger partial charge is 0.444 e. The Hall–Kier alpha value is -2.04. The lowest BCUT2D eigenvalue weighted by Crippen LogP contribution is -2.36. The van der Waals surface area contributed by atoms with Gasteiger partial charge >= 0.3 is 6.09 Å². The van der Waals surface area contributed by atoms with Crippen molar-refractivity contribution < 1.29 is 14.3 Å². The van der Waals surface area contributed by atoms with Crippen molar-refractivity contribution in [1.82, 2.24) is 5.32 Å². The van der Waals surface area contributed by atoms with Gasteiger partial charge in [-0.1, -0.05) is 12.1 Å². The standard InChI is InChI=1S/C18H26N2O3/c1-18(2,3)23-17(22)19-11-14(12-21)9-13-5-6-16-15(10-13)7-8-20(16)4/h5-6,10,12,14H,7-9,11H2,1-4H3,(H,19,22)/t14-/m0/s1. The van der Waals surface area contributed by atoms with Crippen LogP contribution in [0.15, 0.2) is 18.2 Å². The molecular formula is C18H26N2O3. The number of anilines is 1. The first kappa shape index (κ1) is 17.3. The van der Waals surface area contributed by atoms with E-state index in [0.29, 0.717) is 6.42 Å². The molecule has 0 unspecified atom stereocenters. The molecule has 0 radical (unpaired) electrons. The highest BCUT2D eigenvalue weighted by molar-refractivity contribution is 5.68. The number of benzene rings is 1. The zero-order valence-electron chi connectivity index (χ0n) is 14.4. The molecule has 0 bridgehead atoms. The van der Waals surface area contributed by atoms with E-state index in [2.05, 4.69) is 35.5 Å². The maximum atomic E-state index is 11.7. The topological polar surface area (TPSA) is 58.6 Å². The van der Waals surface area contributed by atoms with E-state index in [-0.39, 0.29) is 12.5 Å². The van der Waals surface area contributed by atoms with Crippen LogP contribution in [0.1, 0.15) is 31.9 Å². The van der Waals surface area contributed by atoms with E-state index in [1.165, 1.54) is 11.3 Å². The minimum absolute atomic E-state index is 0.250. The number of carbonyl (C=O) groups excluding carboxylic acids is 2. The molecule has 126 valence electrons. The van der Waals surface area contributed by atoms with Crippen molar-refractivity contribution in [2.45, 2.75) is 39.2 Å². The lowest BCUT2D eigenvalue weighted by Gasteiger charge is -2.20. The van der Waals surface area contributed by atoms with Gasteiger partial charge in [-0.05, 0) is 50.8 Å². The zero-order chi connectivity index (χ0) is 17.0. The quantitative estimate of drug-likeness (QED) is 0.848. The molecular weight excluding hydrogens is 292 g/mol. The van der Waals surface area contributed by atoms with Crippen molar-refractivity contribution in [3.63, 3.8) is 0 Å². The average Bonchev–Trinajstić information content (AvgIpc) is 2.82. The Bertz CT molecular complexity index is 578. The van der Waals surface area contributed by atoms with Gasteiger partial charge in [0.15, 0.2) is 0 Å². The van der Waals surface area contributed by atoms with Gasteiger partial charge in [-0.25, -0.2) is 4.79 Å². The van der Waals surface area contributed by atoms with Crippen LogP contribution in [0.4, 0.5) is 10.5 Å². The lowest BCUT2D eigenvalue weighted by molar-refractivity contribution is -0.110. The number of likely N-dealkylation sites (N-methyl/N-ethyl adjacent to an activating group) is 1. The van der Waals surface area contributed by atoms with Gasteiger partial charge < -0.3 is 19.7 Å². The van der Waals surface area contributed by atoms with Crippen LogP contribution in [-0.4, -0.2) is 38.1 Å². The summed E-state index contributed by atoms with van der Waals surface area (Å²) in [6.45, 7) is 6.76. The summed E-state index contributed by atoms with van der Waals surface area (Å²) < 4.78 is 5.18. The normalized spacial score (nSPS) is 15.0. The average molecular weight is 318 g/mol. The van der Waals surface area contributed by atoms with Crippen LogP contribution < -0.4 is 10.2 Å². The Kier molecular flexibility index (Phi) is 5.29. The number of aldehydes is 1. The fourth-order valence-corrected chi connectivity index (χ4v) is 2.75. The maximum absolute atomic E-state index is 11.7. The van der Waals surface area contributed by atoms with Crippen molar-refractivity contribution in [2.75, 3.05) is 25.0 Å². The highest BCUT2D eigenvalue weighted by Crippen LogP contribution is 2.28. The molecule has 2 rings (SSSR count). The van der Waals surface area contributed by atoms with E-state index in [4.69, 9.17) is 4.74 Å². The smallest absolute Gasteiger partial charge is 0.407 e. The summed E-state index contributed by atoms with van der Waals surface area (Å²) in [5, 5.41) is 2.67.